The molecule has 1 amide bonds. The van der Waals surface area contributed by atoms with E-state index in [1.54, 1.807) is 0 Å². The fourth-order valence-corrected chi connectivity index (χ4v) is 2.10. The summed E-state index contributed by atoms with van der Waals surface area (Å²) >= 11 is 3.38. The minimum Gasteiger partial charge on any atom is -0.443 e. The Morgan fingerprint density at radius 3 is 3.00 bits per heavy atom. The zero-order valence-electron chi connectivity index (χ0n) is 8.39. The van der Waals surface area contributed by atoms with Crippen molar-refractivity contribution in [2.45, 2.75) is 12.5 Å². The Bertz CT molecular complexity index is 456. The maximum atomic E-state index is 11.6. The molecule has 0 aliphatic carbocycles. The van der Waals surface area contributed by atoms with E-state index in [0.717, 1.165) is 10.2 Å². The average Bonchev–Trinajstić information content (AvgIpc) is 2.61. The normalized spacial score (nSPS) is 19.4. The molecule has 1 atom stereocenters. The van der Waals surface area contributed by atoms with Gasteiger partial charge < -0.3 is 4.74 Å². The summed E-state index contributed by atoms with van der Waals surface area (Å²) in [5.41, 5.74) is 0.771. The van der Waals surface area contributed by atoms with Crippen LogP contribution in [0.3, 0.4) is 0 Å². The first-order valence-corrected chi connectivity index (χ1v) is 5.61. The van der Waals surface area contributed by atoms with E-state index in [2.05, 4.69) is 15.9 Å². The van der Waals surface area contributed by atoms with Crippen molar-refractivity contribution >= 4 is 27.7 Å². The Morgan fingerprint density at radius 2 is 2.31 bits per heavy atom. The van der Waals surface area contributed by atoms with Crippen molar-refractivity contribution in [3.8, 4) is 6.07 Å². The molecule has 0 N–H and O–H groups in total. The van der Waals surface area contributed by atoms with Crippen LogP contribution in [0.5, 0.6) is 0 Å². The van der Waals surface area contributed by atoms with Gasteiger partial charge in [-0.1, -0.05) is 12.1 Å². The number of carbonyl (C=O) groups excluding carboxylic acids is 1. The van der Waals surface area contributed by atoms with Gasteiger partial charge in [0.05, 0.1) is 24.7 Å². The predicted octanol–water partition coefficient (Wildman–Crippen LogP) is 2.69. The molecular formula is C11H9BrN2O2. The molecule has 0 saturated carbocycles. The number of anilines is 1. The van der Waals surface area contributed by atoms with E-state index >= 15 is 0 Å². The van der Waals surface area contributed by atoms with Crippen molar-refractivity contribution in [3.63, 3.8) is 0 Å². The molecular weight excluding hydrogens is 272 g/mol. The zero-order valence-corrected chi connectivity index (χ0v) is 9.98. The molecule has 16 heavy (non-hydrogen) atoms. The van der Waals surface area contributed by atoms with Gasteiger partial charge in [0.25, 0.3) is 0 Å². The second-order valence-electron chi connectivity index (χ2n) is 3.43. The Morgan fingerprint density at radius 1 is 1.56 bits per heavy atom. The molecule has 1 aromatic carbocycles. The van der Waals surface area contributed by atoms with Gasteiger partial charge in [-0.05, 0) is 28.1 Å². The van der Waals surface area contributed by atoms with Crippen LogP contribution in [0.1, 0.15) is 6.42 Å². The van der Waals surface area contributed by atoms with E-state index in [4.69, 9.17) is 10.00 Å². The van der Waals surface area contributed by atoms with Crippen LogP contribution < -0.4 is 4.90 Å². The van der Waals surface area contributed by atoms with Crippen molar-refractivity contribution in [2.24, 2.45) is 0 Å². The topological polar surface area (TPSA) is 53.3 Å². The van der Waals surface area contributed by atoms with E-state index in [-0.39, 0.29) is 12.5 Å². The quantitative estimate of drug-likeness (QED) is 0.837. The van der Waals surface area contributed by atoms with Gasteiger partial charge in [-0.3, -0.25) is 4.90 Å². The molecule has 0 spiro atoms. The summed E-state index contributed by atoms with van der Waals surface area (Å²) in [7, 11) is 0. The second-order valence-corrected chi connectivity index (χ2v) is 4.28. The molecule has 0 bridgehead atoms. The number of hydrogen-bond acceptors (Lipinski definition) is 3. The van der Waals surface area contributed by atoms with Gasteiger partial charge in [-0.2, -0.15) is 5.26 Å². The smallest absolute Gasteiger partial charge is 0.414 e. The number of cyclic esters (lactones) is 1. The number of amides is 1. The minimum atomic E-state index is -0.396. The standard InChI is InChI=1S/C11H9BrN2O2/c12-9-3-1-2-4-10(9)14-7-8(5-6-13)16-11(14)15/h1-4,8H,5,7H2. The van der Waals surface area contributed by atoms with Crippen LogP contribution in [0.25, 0.3) is 0 Å². The summed E-state index contributed by atoms with van der Waals surface area (Å²) in [6.45, 7) is 0.426. The number of ether oxygens (including phenoxy) is 1. The molecule has 1 fully saturated rings. The molecule has 0 radical (unpaired) electrons. The Kier molecular flexibility index (Phi) is 3.11. The van der Waals surface area contributed by atoms with Crippen molar-refractivity contribution in [3.05, 3.63) is 28.7 Å². The third-order valence-electron chi connectivity index (χ3n) is 2.34. The highest BCUT2D eigenvalue weighted by Gasteiger charge is 2.32. The lowest BCUT2D eigenvalue weighted by atomic mass is 10.2. The third kappa shape index (κ3) is 2.02. The first-order chi connectivity index (χ1) is 7.72. The summed E-state index contributed by atoms with van der Waals surface area (Å²) in [5.74, 6) is 0. The van der Waals surface area contributed by atoms with Gasteiger partial charge in [-0.15, -0.1) is 0 Å². The first kappa shape index (κ1) is 11.0. The molecule has 5 heteroatoms. The summed E-state index contributed by atoms with van der Waals surface area (Å²) < 4.78 is 5.90. The van der Waals surface area contributed by atoms with Gasteiger partial charge in [0.15, 0.2) is 0 Å². The van der Waals surface area contributed by atoms with Crippen LogP contribution in [-0.2, 0) is 4.74 Å². The number of halogens is 1. The Balaban J connectivity index is 2.21. The molecule has 0 aromatic heterocycles. The molecule has 4 nitrogen and oxygen atoms in total. The number of rotatable bonds is 2. The highest BCUT2D eigenvalue weighted by molar-refractivity contribution is 9.10. The summed E-state index contributed by atoms with van der Waals surface area (Å²) in [4.78, 5) is 13.1. The van der Waals surface area contributed by atoms with Gasteiger partial charge in [0.1, 0.15) is 6.10 Å². The zero-order chi connectivity index (χ0) is 11.5. The van der Waals surface area contributed by atoms with Crippen molar-refractivity contribution in [1.29, 1.82) is 5.26 Å². The van der Waals surface area contributed by atoms with Crippen LogP contribution in [0.4, 0.5) is 10.5 Å². The molecule has 1 saturated heterocycles. The number of nitrogens with zero attached hydrogens (tertiary/aromatic N) is 2. The van der Waals surface area contributed by atoms with E-state index in [1.165, 1.54) is 4.90 Å². The van der Waals surface area contributed by atoms with Crippen LogP contribution in [0.15, 0.2) is 28.7 Å². The summed E-state index contributed by atoms with van der Waals surface area (Å²) in [5, 5.41) is 8.56. The largest absolute Gasteiger partial charge is 0.443 e. The number of benzene rings is 1. The minimum absolute atomic E-state index is 0.229. The van der Waals surface area contributed by atoms with Crippen LogP contribution in [0.2, 0.25) is 0 Å². The summed E-state index contributed by atoms with van der Waals surface area (Å²) in [6, 6.07) is 9.42. The monoisotopic (exact) mass is 280 g/mol. The molecule has 1 unspecified atom stereocenters. The molecule has 1 aliphatic rings. The lowest BCUT2D eigenvalue weighted by molar-refractivity contribution is 0.143. The Labute approximate surface area is 102 Å². The maximum absolute atomic E-state index is 11.6. The van der Waals surface area contributed by atoms with Gasteiger partial charge >= 0.3 is 6.09 Å². The van der Waals surface area contributed by atoms with Crippen molar-refractivity contribution in [1.82, 2.24) is 0 Å². The highest BCUT2D eigenvalue weighted by Crippen LogP contribution is 2.29. The van der Waals surface area contributed by atoms with Crippen LogP contribution >= 0.6 is 15.9 Å². The van der Waals surface area contributed by atoms with E-state index in [1.807, 2.05) is 30.3 Å². The SMILES string of the molecule is N#CCC1CN(c2ccccc2Br)C(=O)O1. The fraction of sp³-hybridized carbons (Fsp3) is 0.273. The average molecular weight is 281 g/mol. The van der Waals surface area contributed by atoms with Gasteiger partial charge in [-0.25, -0.2) is 4.79 Å². The van der Waals surface area contributed by atoms with Crippen molar-refractivity contribution in [2.75, 3.05) is 11.4 Å². The van der Waals surface area contributed by atoms with Crippen LogP contribution in [-0.4, -0.2) is 18.7 Å². The molecule has 82 valence electrons. The number of para-hydroxylation sites is 1. The molecule has 1 heterocycles. The number of carbonyl (C=O) groups is 1. The molecule has 2 rings (SSSR count). The highest BCUT2D eigenvalue weighted by atomic mass is 79.9. The van der Waals surface area contributed by atoms with E-state index in [0.29, 0.717) is 6.54 Å². The lowest BCUT2D eigenvalue weighted by Crippen LogP contribution is -2.24. The van der Waals surface area contributed by atoms with Crippen molar-refractivity contribution < 1.29 is 9.53 Å². The fourth-order valence-electron chi connectivity index (χ4n) is 1.60. The number of nitriles is 1. The molecule has 1 aromatic rings. The van der Waals surface area contributed by atoms with Gasteiger partial charge in [0, 0.05) is 4.47 Å². The predicted molar refractivity (Wildman–Crippen MR) is 62.0 cm³/mol. The number of hydrogen-bond donors (Lipinski definition) is 0. The van der Waals surface area contributed by atoms with E-state index < -0.39 is 6.09 Å². The summed E-state index contributed by atoms with van der Waals surface area (Å²) in [6.07, 6.45) is -0.496. The first-order valence-electron chi connectivity index (χ1n) is 4.82. The van der Waals surface area contributed by atoms with Crippen LogP contribution in [0, 0.1) is 11.3 Å². The lowest BCUT2D eigenvalue weighted by Gasteiger charge is -2.14. The maximum Gasteiger partial charge on any atom is 0.414 e. The third-order valence-corrected chi connectivity index (χ3v) is 3.01. The Hall–Kier alpha value is -1.54. The second kappa shape index (κ2) is 4.54. The molecule has 1 aliphatic heterocycles. The van der Waals surface area contributed by atoms with Gasteiger partial charge in [0.2, 0.25) is 0 Å². The van der Waals surface area contributed by atoms with E-state index in [9.17, 15) is 4.79 Å².